The number of hydrogen-bond acceptors (Lipinski definition) is 4. The largest absolute Gasteiger partial charge is 0.332 e. The van der Waals surface area contributed by atoms with Crippen LogP contribution in [0.5, 0.6) is 0 Å². The third-order valence-corrected chi connectivity index (χ3v) is 6.22. The summed E-state index contributed by atoms with van der Waals surface area (Å²) in [5.74, 6) is -0.0117. The lowest BCUT2D eigenvalue weighted by molar-refractivity contribution is 0.0738. The number of nitrogens with one attached hydrogen (secondary N) is 1. The Labute approximate surface area is 165 Å². The zero-order valence-corrected chi connectivity index (χ0v) is 16.3. The molecule has 0 spiro atoms. The molecule has 3 aromatic rings. The molecule has 1 aliphatic heterocycles. The highest BCUT2D eigenvalue weighted by molar-refractivity contribution is 7.71. The van der Waals surface area contributed by atoms with Gasteiger partial charge in [0.2, 0.25) is 0 Å². The average Bonchev–Trinajstić information content (AvgIpc) is 3.35. The highest BCUT2D eigenvalue weighted by Crippen LogP contribution is 2.35. The van der Waals surface area contributed by atoms with Gasteiger partial charge in [-0.25, -0.2) is 0 Å². The first-order valence-corrected chi connectivity index (χ1v) is 10.1. The van der Waals surface area contributed by atoms with Crippen LogP contribution in [0.4, 0.5) is 0 Å². The molecule has 1 aromatic carbocycles. The average molecular weight is 398 g/mol. The van der Waals surface area contributed by atoms with Gasteiger partial charge in [-0.3, -0.25) is 14.2 Å². The number of rotatable bonds is 4. The van der Waals surface area contributed by atoms with E-state index >= 15 is 0 Å². The molecular weight excluding hydrogens is 378 g/mol. The maximum atomic E-state index is 13.1. The van der Waals surface area contributed by atoms with Crippen LogP contribution in [0.25, 0.3) is 10.9 Å². The van der Waals surface area contributed by atoms with Gasteiger partial charge in [0.15, 0.2) is 4.77 Å². The normalized spacial score (nSPS) is 16.7. The number of amides is 1. The lowest BCUT2D eigenvalue weighted by Gasteiger charge is -2.24. The van der Waals surface area contributed by atoms with E-state index in [0.717, 1.165) is 19.4 Å². The van der Waals surface area contributed by atoms with Crippen LogP contribution in [0.2, 0.25) is 0 Å². The number of fused-ring (bicyclic) bond motifs is 1. The van der Waals surface area contributed by atoms with Crippen molar-refractivity contribution >= 4 is 40.4 Å². The molecule has 0 bridgehead atoms. The van der Waals surface area contributed by atoms with Crippen molar-refractivity contribution in [3.63, 3.8) is 0 Å². The third-order valence-electron chi connectivity index (χ3n) is 4.93. The van der Waals surface area contributed by atoms with Crippen LogP contribution in [0.3, 0.4) is 0 Å². The van der Waals surface area contributed by atoms with Crippen LogP contribution < -0.4 is 5.56 Å². The van der Waals surface area contributed by atoms with E-state index in [1.807, 2.05) is 16.3 Å². The molecule has 1 atom stereocenters. The molecule has 3 heterocycles. The van der Waals surface area contributed by atoms with Crippen LogP contribution in [0, 0.1) is 4.77 Å². The molecule has 0 saturated carbocycles. The van der Waals surface area contributed by atoms with Crippen LogP contribution in [0.1, 0.15) is 34.1 Å². The first kappa shape index (κ1) is 17.9. The van der Waals surface area contributed by atoms with Gasteiger partial charge in [-0.1, -0.05) is 12.1 Å². The molecule has 1 unspecified atom stereocenters. The van der Waals surface area contributed by atoms with E-state index in [-0.39, 0.29) is 17.5 Å². The molecule has 1 aliphatic rings. The summed E-state index contributed by atoms with van der Waals surface area (Å²) in [4.78, 5) is 32.0. The maximum absolute atomic E-state index is 13.1. The molecule has 7 heteroatoms. The smallest absolute Gasteiger partial charge is 0.262 e. The summed E-state index contributed by atoms with van der Waals surface area (Å²) in [6, 6.07) is 9.40. The number of thiophene rings is 1. The summed E-state index contributed by atoms with van der Waals surface area (Å²) in [5, 5.41) is 2.55. The quantitative estimate of drug-likeness (QED) is 0.528. The molecule has 1 amide bonds. The number of carbonyl (C=O) groups excluding carboxylic acids is 1. The highest BCUT2D eigenvalue weighted by atomic mass is 32.1. The summed E-state index contributed by atoms with van der Waals surface area (Å²) in [5.41, 5.74) is 0.978. The first-order chi connectivity index (χ1) is 13.1. The van der Waals surface area contributed by atoms with E-state index in [4.69, 9.17) is 12.2 Å². The van der Waals surface area contributed by atoms with Crippen molar-refractivity contribution in [3.05, 3.63) is 73.9 Å². The van der Waals surface area contributed by atoms with Crippen LogP contribution >= 0.6 is 23.6 Å². The van der Waals surface area contributed by atoms with Gasteiger partial charge in [-0.2, -0.15) is 0 Å². The van der Waals surface area contributed by atoms with Crippen molar-refractivity contribution in [2.75, 3.05) is 6.54 Å². The fourth-order valence-electron chi connectivity index (χ4n) is 3.63. The van der Waals surface area contributed by atoms with Gasteiger partial charge in [0.1, 0.15) is 0 Å². The number of allylic oxidation sites excluding steroid dienone is 1. The zero-order valence-electron chi connectivity index (χ0n) is 14.7. The number of hydrogen-bond donors (Lipinski definition) is 1. The number of benzene rings is 1. The SMILES string of the molecule is C=CCn1c(=S)[nH]c2cc(C(=O)N3CCCC3c3cccs3)ccc2c1=O. The van der Waals surface area contributed by atoms with Crippen molar-refractivity contribution in [2.24, 2.45) is 0 Å². The maximum Gasteiger partial charge on any atom is 0.262 e. The standard InChI is InChI=1S/C20H19N3O2S2/c1-2-9-23-19(25)14-8-7-13(12-15(14)21-20(23)26)18(24)22-10-3-5-16(22)17-6-4-11-27-17/h2,4,6-8,11-12,16H,1,3,5,9-10H2,(H,21,26). The Bertz CT molecular complexity index is 1130. The predicted molar refractivity (Wildman–Crippen MR) is 111 cm³/mol. The lowest BCUT2D eigenvalue weighted by Crippen LogP contribution is -2.30. The van der Waals surface area contributed by atoms with E-state index in [0.29, 0.717) is 27.8 Å². The van der Waals surface area contributed by atoms with Crippen molar-refractivity contribution in [2.45, 2.75) is 25.4 Å². The summed E-state index contributed by atoms with van der Waals surface area (Å²) in [6.07, 6.45) is 3.61. The molecular formula is C20H19N3O2S2. The Morgan fingerprint density at radius 2 is 2.26 bits per heavy atom. The number of likely N-dealkylation sites (tertiary alicyclic amines) is 1. The van der Waals surface area contributed by atoms with E-state index in [1.54, 1.807) is 35.6 Å². The number of aromatic nitrogens is 2. The Balaban J connectivity index is 1.73. The van der Waals surface area contributed by atoms with Gasteiger partial charge in [0, 0.05) is 23.5 Å². The fraction of sp³-hybridized carbons (Fsp3) is 0.250. The van der Waals surface area contributed by atoms with Crippen molar-refractivity contribution < 1.29 is 4.79 Å². The predicted octanol–water partition coefficient (Wildman–Crippen LogP) is 4.28. The van der Waals surface area contributed by atoms with Gasteiger partial charge in [0.25, 0.3) is 11.5 Å². The number of nitrogens with zero attached hydrogens (tertiary/aromatic N) is 2. The van der Waals surface area contributed by atoms with E-state index in [2.05, 4.69) is 17.6 Å². The summed E-state index contributed by atoms with van der Waals surface area (Å²) >= 11 is 6.97. The second kappa shape index (κ2) is 7.25. The molecule has 138 valence electrons. The Kier molecular flexibility index (Phi) is 4.80. The van der Waals surface area contributed by atoms with Crippen molar-refractivity contribution in [1.29, 1.82) is 0 Å². The highest BCUT2D eigenvalue weighted by Gasteiger charge is 2.31. The van der Waals surface area contributed by atoms with E-state index < -0.39 is 0 Å². The monoisotopic (exact) mass is 397 g/mol. The topological polar surface area (TPSA) is 58.1 Å². The third kappa shape index (κ3) is 3.17. The minimum atomic E-state index is -0.176. The number of H-pyrrole nitrogens is 1. The Morgan fingerprint density at radius 1 is 1.41 bits per heavy atom. The van der Waals surface area contributed by atoms with Gasteiger partial charge in [-0.05, 0) is 54.7 Å². The van der Waals surface area contributed by atoms with Crippen LogP contribution in [-0.2, 0) is 6.54 Å². The van der Waals surface area contributed by atoms with Crippen molar-refractivity contribution in [3.8, 4) is 0 Å². The molecule has 2 aromatic heterocycles. The molecule has 1 saturated heterocycles. The van der Waals surface area contributed by atoms with Gasteiger partial charge in [-0.15, -0.1) is 17.9 Å². The minimum absolute atomic E-state index is 0.0117. The summed E-state index contributed by atoms with van der Waals surface area (Å²) in [6.45, 7) is 4.75. The number of aromatic amines is 1. The molecule has 1 fully saturated rings. The van der Waals surface area contributed by atoms with Gasteiger partial charge in [0.05, 0.1) is 16.9 Å². The second-order valence-electron chi connectivity index (χ2n) is 6.57. The fourth-order valence-corrected chi connectivity index (χ4v) is 4.78. The Hall–Kier alpha value is -2.51. The minimum Gasteiger partial charge on any atom is -0.332 e. The summed E-state index contributed by atoms with van der Waals surface area (Å²) < 4.78 is 1.79. The number of carbonyl (C=O) groups is 1. The summed E-state index contributed by atoms with van der Waals surface area (Å²) in [7, 11) is 0. The first-order valence-electron chi connectivity index (χ1n) is 8.82. The molecule has 27 heavy (non-hydrogen) atoms. The van der Waals surface area contributed by atoms with Crippen molar-refractivity contribution in [1.82, 2.24) is 14.5 Å². The molecule has 1 N–H and O–H groups in total. The van der Waals surface area contributed by atoms with Gasteiger partial charge >= 0.3 is 0 Å². The molecule has 5 nitrogen and oxygen atoms in total. The van der Waals surface area contributed by atoms with Crippen LogP contribution in [0.15, 0.2) is 53.2 Å². The van der Waals surface area contributed by atoms with E-state index in [1.165, 1.54) is 9.44 Å². The Morgan fingerprint density at radius 3 is 3.00 bits per heavy atom. The zero-order chi connectivity index (χ0) is 19.0. The second-order valence-corrected chi connectivity index (χ2v) is 7.93. The molecule has 0 aliphatic carbocycles. The van der Waals surface area contributed by atoms with Gasteiger partial charge < -0.3 is 9.88 Å². The lowest BCUT2D eigenvalue weighted by atomic mass is 10.1. The molecule has 4 rings (SSSR count). The molecule has 0 radical (unpaired) electrons. The van der Waals surface area contributed by atoms with Crippen LogP contribution in [-0.4, -0.2) is 26.9 Å². The van der Waals surface area contributed by atoms with E-state index in [9.17, 15) is 9.59 Å².